The maximum absolute atomic E-state index is 9.43. The summed E-state index contributed by atoms with van der Waals surface area (Å²) >= 11 is 0. The molecule has 0 unspecified atom stereocenters. The topological polar surface area (TPSA) is 197 Å². The van der Waals surface area contributed by atoms with Crippen LogP contribution < -0.4 is 0 Å². The smallest absolute Gasteiger partial charge is 0.209 e. The van der Waals surface area contributed by atoms with Crippen LogP contribution in [0.3, 0.4) is 0 Å². The maximum atomic E-state index is 9.43. The van der Waals surface area contributed by atoms with Gasteiger partial charge in [0.25, 0.3) is 0 Å². The van der Waals surface area contributed by atoms with E-state index in [9.17, 15) is 9.59 Å². The lowest BCUT2D eigenvalue weighted by Gasteiger charge is -2.31. The molecule has 7 aromatic rings. The number of hydrogen-bond donors (Lipinski definition) is 4. The molecule has 2 amide bonds. The van der Waals surface area contributed by atoms with Gasteiger partial charge in [-0.25, -0.2) is 0 Å². The average Bonchev–Trinajstić information content (AvgIpc) is 4.13. The molecule has 15 nitrogen and oxygen atoms in total. The normalized spacial score (nSPS) is 19.7. The van der Waals surface area contributed by atoms with Crippen LogP contribution in [-0.2, 0) is 44.3 Å². The summed E-state index contributed by atoms with van der Waals surface area (Å²) < 4.78 is 3.96. The van der Waals surface area contributed by atoms with Crippen LogP contribution in [-0.4, -0.2) is 106 Å². The van der Waals surface area contributed by atoms with Crippen LogP contribution in [0.25, 0.3) is 22.5 Å². The van der Waals surface area contributed by atoms with Crippen molar-refractivity contribution in [3.63, 3.8) is 0 Å². The molecule has 3 aliphatic rings. The second kappa shape index (κ2) is 19.3. The number of benzene rings is 1. The zero-order valence-corrected chi connectivity index (χ0v) is 39.8. The van der Waals surface area contributed by atoms with E-state index < -0.39 is 0 Å². The molecular formula is C50H68N12O3. The largest absolute Gasteiger partial charge is 0.412 e. The summed E-state index contributed by atoms with van der Waals surface area (Å²) in [7, 11) is 6.75. The van der Waals surface area contributed by atoms with E-state index in [4.69, 9.17) is 0 Å². The zero-order valence-electron chi connectivity index (χ0n) is 39.8. The quantitative estimate of drug-likeness (QED) is 0.128. The lowest BCUT2D eigenvalue weighted by atomic mass is 9.78. The fraction of sp³-hybridized carbons (Fsp3) is 0.440. The van der Waals surface area contributed by atoms with E-state index in [2.05, 4.69) is 167 Å². The standard InChI is InChI=1S/C44H52N10.2C3H7NO.H2O/c1-41(2)33-14-18-37(45-33)43(5)22-7-9-24-53-27-31(49-51-53)29-12-11-13-30(26-29)32-28-54(52-50-32)25-10-8-23-44(6,38-19-15-34(41)46-38)40-21-17-36(48-40)42(3,4)35-16-20-39(43)47-35;2*1-4(2)3-5;/h11-21,26-28,45-48H,7-10,22-25H2,1-6H3;2*3H,1-2H3;1H2. The Morgan fingerprint density at radius 1 is 0.508 bits per heavy atom. The Balaban J connectivity index is 0.000000577. The van der Waals surface area contributed by atoms with Crippen LogP contribution in [0.5, 0.6) is 0 Å². The van der Waals surface area contributed by atoms with Crippen molar-refractivity contribution in [3.8, 4) is 22.5 Å². The fourth-order valence-corrected chi connectivity index (χ4v) is 8.87. The summed E-state index contributed by atoms with van der Waals surface area (Å²) in [6.45, 7) is 15.7. The third kappa shape index (κ3) is 9.95. The molecule has 9 heterocycles. The molecule has 0 saturated carbocycles. The second-order valence-electron chi connectivity index (χ2n) is 19.4. The molecule has 0 spiro atoms. The van der Waals surface area contributed by atoms with E-state index in [0.29, 0.717) is 0 Å². The van der Waals surface area contributed by atoms with Gasteiger partial charge < -0.3 is 35.2 Å². The Morgan fingerprint density at radius 3 is 1.12 bits per heavy atom. The monoisotopic (exact) mass is 885 g/mol. The van der Waals surface area contributed by atoms with Crippen molar-refractivity contribution in [1.29, 1.82) is 0 Å². The Hall–Kier alpha value is -6.48. The van der Waals surface area contributed by atoms with Crippen molar-refractivity contribution >= 4 is 12.8 Å². The number of rotatable bonds is 2. The number of carbonyl (C=O) groups is 2. The lowest BCUT2D eigenvalue weighted by molar-refractivity contribution is -0.116. The van der Waals surface area contributed by atoms with Gasteiger partial charge in [-0.3, -0.25) is 19.0 Å². The van der Waals surface area contributed by atoms with Crippen molar-refractivity contribution in [1.82, 2.24) is 59.7 Å². The molecule has 0 radical (unpaired) electrons. The molecule has 15 heteroatoms. The van der Waals surface area contributed by atoms with Gasteiger partial charge >= 0.3 is 0 Å². The molecule has 0 aliphatic carbocycles. The molecule has 1 aromatic carbocycles. The number of nitrogens with zero attached hydrogens (tertiary/aromatic N) is 8. The Kier molecular flexibility index (Phi) is 14.3. The highest BCUT2D eigenvalue weighted by atomic mass is 16.1. The second-order valence-corrected chi connectivity index (χ2v) is 19.4. The number of aromatic amines is 4. The van der Waals surface area contributed by atoms with Crippen molar-refractivity contribution in [2.45, 2.75) is 115 Å². The Morgan fingerprint density at radius 2 is 0.815 bits per heavy atom. The SMILES string of the molecule is CC1(C)c2ccc([nH]2)C2(C)CCCCn3cc(nn3)-c3cccc(c3)-c3cn(nn3)CCCCC(C)(c3ccc1[nH]3)c1ccc([nH]1)C(C)(C)c1ccc2[nH]1.CN(C)C=O.CN(C)C=O.O. The van der Waals surface area contributed by atoms with Crippen LogP contribution >= 0.6 is 0 Å². The van der Waals surface area contributed by atoms with Crippen molar-refractivity contribution in [2.75, 3.05) is 28.2 Å². The molecule has 16 bridgehead atoms. The van der Waals surface area contributed by atoms with Gasteiger partial charge in [-0.2, -0.15) is 0 Å². The predicted molar refractivity (Wildman–Crippen MR) is 256 cm³/mol. The van der Waals surface area contributed by atoms with E-state index in [0.717, 1.165) is 86.9 Å². The van der Waals surface area contributed by atoms with Gasteiger partial charge in [-0.1, -0.05) is 41.5 Å². The summed E-state index contributed by atoms with van der Waals surface area (Å²) in [5.41, 5.74) is 12.4. The molecule has 0 saturated heterocycles. The molecule has 346 valence electrons. The molecule has 3 aliphatic heterocycles. The van der Waals surface area contributed by atoms with E-state index in [-0.39, 0.29) is 27.1 Å². The Labute approximate surface area is 382 Å². The highest BCUT2D eigenvalue weighted by molar-refractivity contribution is 5.68. The highest BCUT2D eigenvalue weighted by Crippen LogP contribution is 2.44. The number of nitrogens with one attached hydrogen (secondary N) is 4. The summed E-state index contributed by atoms with van der Waals surface area (Å²) in [6.07, 6.45) is 11.6. The maximum Gasteiger partial charge on any atom is 0.209 e. The predicted octanol–water partition coefficient (Wildman–Crippen LogP) is 7.73. The van der Waals surface area contributed by atoms with Gasteiger partial charge in [-0.15, -0.1) is 10.2 Å². The minimum Gasteiger partial charge on any atom is -0.412 e. The summed E-state index contributed by atoms with van der Waals surface area (Å²) in [5.74, 6) is 0. The first-order valence-corrected chi connectivity index (χ1v) is 22.4. The molecule has 0 atom stereocenters. The van der Waals surface area contributed by atoms with Gasteiger partial charge in [0, 0.05) is 120 Å². The zero-order chi connectivity index (χ0) is 45.9. The third-order valence-electron chi connectivity index (χ3n) is 13.4. The highest BCUT2D eigenvalue weighted by Gasteiger charge is 2.39. The van der Waals surface area contributed by atoms with Crippen molar-refractivity contribution in [3.05, 3.63) is 131 Å². The number of fused-ring (bicyclic) bond motifs is 6. The Bertz CT molecular complexity index is 2380. The molecule has 6 N–H and O–H groups in total. The van der Waals surface area contributed by atoms with Gasteiger partial charge in [-0.05, 0) is 122 Å². The van der Waals surface area contributed by atoms with Gasteiger partial charge in [0.15, 0.2) is 0 Å². The summed E-state index contributed by atoms with van der Waals surface area (Å²) in [6, 6.07) is 26.8. The van der Waals surface area contributed by atoms with Crippen LogP contribution in [0, 0.1) is 0 Å². The number of aromatic nitrogens is 10. The van der Waals surface area contributed by atoms with Crippen molar-refractivity contribution < 1.29 is 15.1 Å². The molecular weight excluding hydrogens is 817 g/mol. The minimum absolute atomic E-state index is 0. The van der Waals surface area contributed by atoms with E-state index in [1.54, 1.807) is 28.2 Å². The average molecular weight is 885 g/mol. The van der Waals surface area contributed by atoms with Crippen molar-refractivity contribution in [2.24, 2.45) is 0 Å². The van der Waals surface area contributed by atoms with Gasteiger partial charge in [0.1, 0.15) is 11.4 Å². The van der Waals surface area contributed by atoms with E-state index >= 15 is 0 Å². The molecule has 6 aromatic heterocycles. The third-order valence-corrected chi connectivity index (χ3v) is 13.4. The number of carbonyl (C=O) groups excluding carboxylic acids is 2. The van der Waals surface area contributed by atoms with Crippen LogP contribution in [0.2, 0.25) is 0 Å². The van der Waals surface area contributed by atoms with Crippen LogP contribution in [0.15, 0.2) is 85.2 Å². The van der Waals surface area contributed by atoms with Crippen LogP contribution in [0.1, 0.15) is 126 Å². The molecule has 0 fully saturated rings. The van der Waals surface area contributed by atoms with Gasteiger partial charge in [0.05, 0.1) is 12.4 Å². The lowest BCUT2D eigenvalue weighted by Crippen LogP contribution is -2.29. The minimum atomic E-state index is -0.266. The van der Waals surface area contributed by atoms with E-state index in [1.165, 1.54) is 55.4 Å². The number of hydrogen-bond acceptors (Lipinski definition) is 6. The summed E-state index contributed by atoms with van der Waals surface area (Å²) in [5, 5.41) is 18.2. The molecule has 65 heavy (non-hydrogen) atoms. The van der Waals surface area contributed by atoms with Gasteiger partial charge in [0.2, 0.25) is 12.8 Å². The number of amides is 2. The first-order valence-electron chi connectivity index (χ1n) is 22.4. The van der Waals surface area contributed by atoms with Crippen LogP contribution in [0.4, 0.5) is 0 Å². The first-order chi connectivity index (χ1) is 30.5. The first kappa shape index (κ1) is 48.0. The fourth-order valence-electron chi connectivity index (χ4n) is 8.87. The molecule has 10 rings (SSSR count). The number of aryl methyl sites for hydroxylation is 2. The number of H-pyrrole nitrogens is 4. The summed E-state index contributed by atoms with van der Waals surface area (Å²) in [4.78, 5) is 37.6. The van der Waals surface area contributed by atoms with E-state index in [1.807, 2.05) is 9.36 Å².